The third-order valence-corrected chi connectivity index (χ3v) is 4.85. The molecule has 3 aliphatic heterocycles. The van der Waals surface area contributed by atoms with Gasteiger partial charge < -0.3 is 4.74 Å². The number of fused-ring (bicyclic) bond motifs is 3. The Morgan fingerprint density at radius 2 is 1.83 bits per heavy atom. The molecule has 4 atom stereocenters. The predicted molar refractivity (Wildman–Crippen MR) is 86.5 cm³/mol. The Labute approximate surface area is 134 Å². The molecular weight excluding hydrogens is 292 g/mol. The largest absolute Gasteiger partial charge is 0.355 e. The van der Waals surface area contributed by atoms with E-state index in [9.17, 15) is 9.59 Å². The van der Waals surface area contributed by atoms with E-state index in [1.807, 2.05) is 39.0 Å². The second kappa shape index (κ2) is 4.61. The second-order valence-electron chi connectivity index (χ2n) is 6.71. The lowest BCUT2D eigenvalue weighted by Gasteiger charge is -2.30. The number of aryl methyl sites for hydroxylation is 1. The number of hydrogen-bond acceptors (Lipinski definition) is 4. The number of dihydropyridines is 1. The topological polar surface area (TPSA) is 59.0 Å². The van der Waals surface area contributed by atoms with Crippen LogP contribution in [0.25, 0.3) is 0 Å². The van der Waals surface area contributed by atoms with Crippen molar-refractivity contribution < 1.29 is 14.3 Å². The summed E-state index contributed by atoms with van der Waals surface area (Å²) < 4.78 is 6.00. The molecule has 2 fully saturated rings. The summed E-state index contributed by atoms with van der Waals surface area (Å²) in [6.07, 6.45) is 2.96. The molecule has 5 nitrogen and oxygen atoms in total. The van der Waals surface area contributed by atoms with Gasteiger partial charge in [-0.05, 0) is 44.6 Å². The summed E-state index contributed by atoms with van der Waals surface area (Å²) in [5.74, 6) is -1.06. The van der Waals surface area contributed by atoms with Crippen molar-refractivity contribution in [1.29, 1.82) is 0 Å². The van der Waals surface area contributed by atoms with Gasteiger partial charge in [0.1, 0.15) is 5.60 Å². The highest BCUT2D eigenvalue weighted by Gasteiger charge is 2.63. The lowest BCUT2D eigenvalue weighted by molar-refractivity contribution is -0.129. The van der Waals surface area contributed by atoms with Crippen molar-refractivity contribution in [1.82, 2.24) is 0 Å². The molecular formula is C18H18N2O3. The number of aliphatic imine (C=N–C) groups is 1. The number of benzene rings is 1. The number of anilines is 1. The van der Waals surface area contributed by atoms with E-state index in [4.69, 9.17) is 4.74 Å². The maximum Gasteiger partial charge on any atom is 0.263 e. The number of amides is 2. The van der Waals surface area contributed by atoms with Gasteiger partial charge in [0.25, 0.3) is 5.91 Å². The van der Waals surface area contributed by atoms with Crippen LogP contribution in [-0.4, -0.2) is 35.8 Å². The van der Waals surface area contributed by atoms with Gasteiger partial charge in [-0.1, -0.05) is 17.7 Å². The molecule has 3 heterocycles. The van der Waals surface area contributed by atoms with E-state index >= 15 is 0 Å². The monoisotopic (exact) mass is 310 g/mol. The normalized spacial score (nSPS) is 35.3. The van der Waals surface area contributed by atoms with E-state index in [2.05, 4.69) is 4.99 Å². The number of nitrogens with zero attached hydrogens (tertiary/aromatic N) is 2. The van der Waals surface area contributed by atoms with E-state index < -0.39 is 17.6 Å². The first-order valence-electron chi connectivity index (χ1n) is 7.76. The van der Waals surface area contributed by atoms with Crippen LogP contribution in [0.2, 0.25) is 0 Å². The fourth-order valence-electron chi connectivity index (χ4n) is 3.79. The molecule has 1 aromatic carbocycles. The fourth-order valence-corrected chi connectivity index (χ4v) is 3.79. The molecule has 0 N–H and O–H groups in total. The molecule has 4 rings (SSSR count). The highest BCUT2D eigenvalue weighted by Crippen LogP contribution is 2.46. The molecule has 0 saturated carbocycles. The van der Waals surface area contributed by atoms with Crippen molar-refractivity contribution >= 4 is 23.7 Å². The molecule has 5 heteroatoms. The van der Waals surface area contributed by atoms with Gasteiger partial charge in [-0.3, -0.25) is 14.6 Å². The number of allylic oxidation sites excluding steroid dienone is 1. The van der Waals surface area contributed by atoms with Crippen molar-refractivity contribution in [2.45, 2.75) is 38.5 Å². The van der Waals surface area contributed by atoms with Gasteiger partial charge in [0.05, 0.1) is 17.6 Å². The van der Waals surface area contributed by atoms with E-state index in [1.54, 1.807) is 18.3 Å². The molecule has 0 aromatic heterocycles. The number of hydrogen-bond donors (Lipinski definition) is 0. The maximum atomic E-state index is 12.9. The number of carbonyl (C=O) groups excluding carboxylic acids is 2. The standard InChI is InChI=1S/C18H18N2O3/c1-10-4-6-12(7-5-10)20-16(21)13-14(17(20)22)23-18(3)8-11(2)9-19-15(13)18/h4-9,13-15H,1-3H3/t13-,14-,15-,18-/m0/s1. The summed E-state index contributed by atoms with van der Waals surface area (Å²) in [5.41, 5.74) is 1.98. The molecule has 0 spiro atoms. The summed E-state index contributed by atoms with van der Waals surface area (Å²) >= 11 is 0. The van der Waals surface area contributed by atoms with Crippen LogP contribution in [0.5, 0.6) is 0 Å². The number of ether oxygens (including phenoxy) is 1. The van der Waals surface area contributed by atoms with Gasteiger partial charge in [0.2, 0.25) is 5.91 Å². The number of rotatable bonds is 1. The highest BCUT2D eigenvalue weighted by molar-refractivity contribution is 6.24. The third kappa shape index (κ3) is 1.93. The minimum Gasteiger partial charge on any atom is -0.355 e. The van der Waals surface area contributed by atoms with Crippen LogP contribution in [-0.2, 0) is 14.3 Å². The Morgan fingerprint density at radius 1 is 1.13 bits per heavy atom. The molecule has 0 unspecified atom stereocenters. The maximum absolute atomic E-state index is 12.9. The lowest BCUT2D eigenvalue weighted by Crippen LogP contribution is -2.43. The van der Waals surface area contributed by atoms with Crippen LogP contribution >= 0.6 is 0 Å². The molecule has 2 saturated heterocycles. The summed E-state index contributed by atoms with van der Waals surface area (Å²) in [7, 11) is 0. The van der Waals surface area contributed by atoms with Crippen molar-refractivity contribution in [2.24, 2.45) is 10.9 Å². The van der Waals surface area contributed by atoms with E-state index in [0.717, 1.165) is 11.1 Å². The Hall–Kier alpha value is -2.27. The Kier molecular flexibility index (Phi) is 2.87. The molecule has 2 amide bonds. The zero-order valence-electron chi connectivity index (χ0n) is 13.3. The molecule has 3 aliphatic rings. The zero-order chi connectivity index (χ0) is 16.4. The van der Waals surface area contributed by atoms with Crippen molar-refractivity contribution in [3.63, 3.8) is 0 Å². The fraction of sp³-hybridized carbons (Fsp3) is 0.389. The summed E-state index contributed by atoms with van der Waals surface area (Å²) in [5, 5.41) is 0. The number of imide groups is 1. The Morgan fingerprint density at radius 3 is 2.52 bits per heavy atom. The predicted octanol–water partition coefficient (Wildman–Crippen LogP) is 2.04. The molecule has 0 bridgehead atoms. The van der Waals surface area contributed by atoms with Crippen LogP contribution in [0.4, 0.5) is 5.69 Å². The average molecular weight is 310 g/mol. The van der Waals surface area contributed by atoms with Gasteiger partial charge in [-0.25, -0.2) is 4.90 Å². The van der Waals surface area contributed by atoms with Gasteiger partial charge in [-0.2, -0.15) is 0 Å². The molecule has 1 aromatic rings. The quantitative estimate of drug-likeness (QED) is 0.746. The van der Waals surface area contributed by atoms with E-state index in [-0.39, 0.29) is 17.9 Å². The SMILES string of the molecule is CC1=C[C@]2(C)O[C@@H]3C(=O)N(c4ccc(C)cc4)C(=O)[C@@H]3[C@@H]2N=C1. The molecule has 118 valence electrons. The van der Waals surface area contributed by atoms with Crippen LogP contribution in [0.15, 0.2) is 40.9 Å². The lowest BCUT2D eigenvalue weighted by atomic mass is 9.85. The average Bonchev–Trinajstić information content (AvgIpc) is 2.92. The first-order chi connectivity index (χ1) is 10.9. The Bertz CT molecular complexity index is 765. The third-order valence-electron chi connectivity index (χ3n) is 4.85. The van der Waals surface area contributed by atoms with Gasteiger partial charge in [0.15, 0.2) is 6.10 Å². The minimum absolute atomic E-state index is 0.220. The van der Waals surface area contributed by atoms with Gasteiger partial charge in [0, 0.05) is 6.21 Å². The number of carbonyl (C=O) groups is 2. The highest BCUT2D eigenvalue weighted by atomic mass is 16.5. The van der Waals surface area contributed by atoms with Crippen LogP contribution in [0.1, 0.15) is 19.4 Å². The van der Waals surface area contributed by atoms with E-state index in [0.29, 0.717) is 5.69 Å². The van der Waals surface area contributed by atoms with Crippen LogP contribution in [0.3, 0.4) is 0 Å². The van der Waals surface area contributed by atoms with Gasteiger partial charge >= 0.3 is 0 Å². The first kappa shape index (κ1) is 14.3. The summed E-state index contributed by atoms with van der Waals surface area (Å²) in [6.45, 7) is 5.80. The Balaban J connectivity index is 1.72. The van der Waals surface area contributed by atoms with Crippen molar-refractivity contribution in [3.05, 3.63) is 41.5 Å². The van der Waals surface area contributed by atoms with Crippen LogP contribution in [0, 0.1) is 12.8 Å². The van der Waals surface area contributed by atoms with Crippen molar-refractivity contribution in [3.8, 4) is 0 Å². The second-order valence-corrected chi connectivity index (χ2v) is 6.71. The summed E-state index contributed by atoms with van der Waals surface area (Å²) in [6, 6.07) is 7.02. The van der Waals surface area contributed by atoms with Crippen molar-refractivity contribution in [2.75, 3.05) is 4.90 Å². The molecule has 23 heavy (non-hydrogen) atoms. The smallest absolute Gasteiger partial charge is 0.263 e. The molecule has 0 aliphatic carbocycles. The summed E-state index contributed by atoms with van der Waals surface area (Å²) in [4.78, 5) is 31.4. The van der Waals surface area contributed by atoms with E-state index in [1.165, 1.54) is 4.90 Å². The minimum atomic E-state index is -0.752. The van der Waals surface area contributed by atoms with Crippen LogP contribution < -0.4 is 4.90 Å². The molecule has 0 radical (unpaired) electrons. The zero-order valence-corrected chi connectivity index (χ0v) is 13.3. The van der Waals surface area contributed by atoms with Gasteiger partial charge in [-0.15, -0.1) is 0 Å². The first-order valence-corrected chi connectivity index (χ1v) is 7.76.